The van der Waals surface area contributed by atoms with Crippen LogP contribution < -0.4 is 0 Å². The van der Waals surface area contributed by atoms with Crippen LogP contribution in [0, 0.1) is 5.92 Å². The molecule has 0 saturated heterocycles. The number of carbonyl (C=O) groups excluding carboxylic acids is 1. The van der Waals surface area contributed by atoms with Crippen LogP contribution in [-0.2, 0) is 14.6 Å². The summed E-state index contributed by atoms with van der Waals surface area (Å²) in [5.41, 5.74) is 0. The average molecular weight is 261 g/mol. The topological polar surface area (TPSA) is 54.5 Å². The molecule has 0 bridgehead atoms. The molecule has 5 heteroatoms. The molecule has 1 fully saturated rings. The molecule has 100 valence electrons. The van der Waals surface area contributed by atoms with Crippen molar-refractivity contribution in [3.05, 3.63) is 0 Å². The Morgan fingerprint density at radius 1 is 1.29 bits per heavy atom. The molecule has 1 saturated carbocycles. The summed E-state index contributed by atoms with van der Waals surface area (Å²) in [5.74, 6) is 0.639. The number of carbonyl (C=O) groups is 1. The minimum atomic E-state index is -2.91. The molecule has 0 aromatic heterocycles. The summed E-state index contributed by atoms with van der Waals surface area (Å²) in [6.07, 6.45) is 6.19. The maximum Gasteiger partial charge on any atom is 0.148 e. The zero-order valence-corrected chi connectivity index (χ0v) is 11.6. The zero-order valence-electron chi connectivity index (χ0n) is 10.8. The van der Waals surface area contributed by atoms with Crippen molar-refractivity contribution in [1.82, 2.24) is 4.90 Å². The molecular formula is C12H23NO3S. The third kappa shape index (κ3) is 6.17. The standard InChI is InChI=1S/C12H23NO3S/c1-13(8-9-17(2,15)16)10-11-6-4-3-5-7-12(11)14/h11H,3-10H2,1-2H3. The molecule has 1 rings (SSSR count). The summed E-state index contributed by atoms with van der Waals surface area (Å²) in [4.78, 5) is 13.8. The molecule has 0 radical (unpaired) electrons. The Morgan fingerprint density at radius 3 is 2.65 bits per heavy atom. The van der Waals surface area contributed by atoms with Crippen LogP contribution in [0.15, 0.2) is 0 Å². The highest BCUT2D eigenvalue weighted by atomic mass is 32.2. The van der Waals surface area contributed by atoms with E-state index >= 15 is 0 Å². The second-order valence-corrected chi connectivity index (χ2v) is 7.41. The first-order valence-electron chi connectivity index (χ1n) is 6.27. The maximum atomic E-state index is 11.8. The van der Waals surface area contributed by atoms with Gasteiger partial charge in [-0.3, -0.25) is 4.79 Å². The molecule has 0 aromatic carbocycles. The summed E-state index contributed by atoms with van der Waals surface area (Å²) < 4.78 is 22.1. The minimum absolute atomic E-state index is 0.113. The number of hydrogen-bond acceptors (Lipinski definition) is 4. The Kier molecular flexibility index (Phi) is 5.59. The van der Waals surface area contributed by atoms with E-state index in [1.165, 1.54) is 6.26 Å². The quantitative estimate of drug-likeness (QED) is 0.696. The highest BCUT2D eigenvalue weighted by Gasteiger charge is 2.22. The van der Waals surface area contributed by atoms with Gasteiger partial charge in [-0.25, -0.2) is 8.42 Å². The van der Waals surface area contributed by atoms with E-state index in [4.69, 9.17) is 0 Å². The van der Waals surface area contributed by atoms with Crippen LogP contribution in [-0.4, -0.2) is 51.2 Å². The fraction of sp³-hybridized carbons (Fsp3) is 0.917. The van der Waals surface area contributed by atoms with Gasteiger partial charge in [0.25, 0.3) is 0 Å². The highest BCUT2D eigenvalue weighted by molar-refractivity contribution is 7.90. The van der Waals surface area contributed by atoms with E-state index in [1.54, 1.807) is 0 Å². The summed E-state index contributed by atoms with van der Waals surface area (Å²) in [7, 11) is -1.02. The number of Topliss-reactive ketones (excluding diaryl/α,β-unsaturated/α-hetero) is 1. The fourth-order valence-corrected chi connectivity index (χ4v) is 2.86. The van der Waals surface area contributed by atoms with Crippen molar-refractivity contribution in [2.45, 2.75) is 32.1 Å². The molecule has 0 N–H and O–H groups in total. The molecule has 0 heterocycles. The van der Waals surface area contributed by atoms with Gasteiger partial charge >= 0.3 is 0 Å². The summed E-state index contributed by atoms with van der Waals surface area (Å²) in [5, 5.41) is 0. The van der Waals surface area contributed by atoms with Crippen molar-refractivity contribution in [2.75, 3.05) is 32.1 Å². The van der Waals surface area contributed by atoms with Crippen molar-refractivity contribution >= 4 is 15.6 Å². The first-order valence-corrected chi connectivity index (χ1v) is 8.33. The molecule has 0 aromatic rings. The lowest BCUT2D eigenvalue weighted by molar-refractivity contribution is -0.123. The van der Waals surface area contributed by atoms with Crippen LogP contribution in [0.25, 0.3) is 0 Å². The normalized spacial score (nSPS) is 22.8. The maximum absolute atomic E-state index is 11.8. The third-order valence-electron chi connectivity index (χ3n) is 3.31. The summed E-state index contributed by atoms with van der Waals surface area (Å²) in [6.45, 7) is 1.22. The second-order valence-electron chi connectivity index (χ2n) is 5.15. The van der Waals surface area contributed by atoms with E-state index in [2.05, 4.69) is 0 Å². The molecule has 1 atom stereocenters. The molecule has 17 heavy (non-hydrogen) atoms. The number of ketones is 1. The van der Waals surface area contributed by atoms with Crippen LogP contribution in [0.4, 0.5) is 0 Å². The number of nitrogens with zero attached hydrogens (tertiary/aromatic N) is 1. The number of rotatable bonds is 5. The SMILES string of the molecule is CN(CCS(C)(=O)=O)CC1CCCCCC1=O. The van der Waals surface area contributed by atoms with Crippen molar-refractivity contribution in [1.29, 1.82) is 0 Å². The predicted molar refractivity (Wildman–Crippen MR) is 68.8 cm³/mol. The van der Waals surface area contributed by atoms with Gasteiger partial charge < -0.3 is 4.90 Å². The summed E-state index contributed by atoms with van der Waals surface area (Å²) in [6, 6.07) is 0. The van der Waals surface area contributed by atoms with E-state index in [9.17, 15) is 13.2 Å². The van der Waals surface area contributed by atoms with Gasteiger partial charge in [0.05, 0.1) is 5.75 Å². The van der Waals surface area contributed by atoms with Gasteiger partial charge in [0.15, 0.2) is 0 Å². The molecule has 0 aliphatic heterocycles. The molecular weight excluding hydrogens is 238 g/mol. The molecule has 0 spiro atoms. The van der Waals surface area contributed by atoms with Gasteiger partial charge in [-0.2, -0.15) is 0 Å². The molecule has 0 amide bonds. The van der Waals surface area contributed by atoms with E-state index in [0.717, 1.165) is 25.7 Å². The van der Waals surface area contributed by atoms with Crippen molar-refractivity contribution in [2.24, 2.45) is 5.92 Å². The van der Waals surface area contributed by atoms with Crippen LogP contribution in [0.3, 0.4) is 0 Å². The Bertz CT molecular complexity index is 351. The van der Waals surface area contributed by atoms with Crippen LogP contribution in [0.5, 0.6) is 0 Å². The van der Waals surface area contributed by atoms with Gasteiger partial charge in [0, 0.05) is 31.7 Å². The Labute approximate surface area is 104 Å². The molecule has 1 aliphatic carbocycles. The zero-order chi connectivity index (χ0) is 12.9. The molecule has 1 aliphatic rings. The van der Waals surface area contributed by atoms with E-state index in [0.29, 0.717) is 25.3 Å². The van der Waals surface area contributed by atoms with Gasteiger partial charge in [-0.1, -0.05) is 12.8 Å². The highest BCUT2D eigenvalue weighted by Crippen LogP contribution is 2.20. The van der Waals surface area contributed by atoms with E-state index in [-0.39, 0.29) is 11.7 Å². The van der Waals surface area contributed by atoms with Crippen molar-refractivity contribution in [3.63, 3.8) is 0 Å². The van der Waals surface area contributed by atoms with Gasteiger partial charge in [-0.05, 0) is 19.9 Å². The lowest BCUT2D eigenvalue weighted by atomic mass is 9.98. The minimum Gasteiger partial charge on any atom is -0.305 e. The second kappa shape index (κ2) is 6.50. The summed E-state index contributed by atoms with van der Waals surface area (Å²) >= 11 is 0. The smallest absolute Gasteiger partial charge is 0.148 e. The van der Waals surface area contributed by atoms with E-state index in [1.807, 2.05) is 11.9 Å². The van der Waals surface area contributed by atoms with Gasteiger partial charge in [0.1, 0.15) is 15.6 Å². The Hall–Kier alpha value is -0.420. The third-order valence-corrected chi connectivity index (χ3v) is 4.23. The van der Waals surface area contributed by atoms with Gasteiger partial charge in [-0.15, -0.1) is 0 Å². The Balaban J connectivity index is 2.38. The van der Waals surface area contributed by atoms with E-state index < -0.39 is 9.84 Å². The lowest BCUT2D eigenvalue weighted by Gasteiger charge is -2.21. The predicted octanol–water partition coefficient (Wildman–Crippen LogP) is 1.11. The van der Waals surface area contributed by atoms with Crippen LogP contribution >= 0.6 is 0 Å². The Morgan fingerprint density at radius 2 is 2.00 bits per heavy atom. The number of sulfone groups is 1. The molecule has 1 unspecified atom stereocenters. The monoisotopic (exact) mass is 261 g/mol. The van der Waals surface area contributed by atoms with Crippen molar-refractivity contribution in [3.8, 4) is 0 Å². The van der Waals surface area contributed by atoms with Crippen LogP contribution in [0.1, 0.15) is 32.1 Å². The first kappa shape index (κ1) is 14.6. The average Bonchev–Trinajstić information content (AvgIpc) is 2.41. The van der Waals surface area contributed by atoms with Crippen LogP contribution in [0.2, 0.25) is 0 Å². The van der Waals surface area contributed by atoms with Gasteiger partial charge in [0.2, 0.25) is 0 Å². The first-order chi connectivity index (χ1) is 7.88. The lowest BCUT2D eigenvalue weighted by Crippen LogP contribution is -2.33. The van der Waals surface area contributed by atoms with Crippen molar-refractivity contribution < 1.29 is 13.2 Å². The number of hydrogen-bond donors (Lipinski definition) is 0. The largest absolute Gasteiger partial charge is 0.305 e. The fourth-order valence-electron chi connectivity index (χ4n) is 2.21. The molecule has 4 nitrogen and oxygen atoms in total.